The number of hydrogen-bond donors (Lipinski definition) is 2. The van der Waals surface area contributed by atoms with Crippen LogP contribution in [0.5, 0.6) is 5.75 Å². The molecule has 0 fully saturated rings. The quantitative estimate of drug-likeness (QED) is 0.576. The summed E-state index contributed by atoms with van der Waals surface area (Å²) in [6.45, 7) is 4.69. The molecular formula is C14H22N2O2. The van der Waals surface area contributed by atoms with E-state index in [1.165, 1.54) is 0 Å². The molecule has 0 bridgehead atoms. The Morgan fingerprint density at radius 3 is 2.39 bits per heavy atom. The van der Waals surface area contributed by atoms with Crippen LogP contribution >= 0.6 is 0 Å². The third-order valence-electron chi connectivity index (χ3n) is 2.84. The lowest BCUT2D eigenvalue weighted by molar-refractivity contribution is 0.00545. The zero-order valence-electron chi connectivity index (χ0n) is 11.3. The summed E-state index contributed by atoms with van der Waals surface area (Å²) in [6, 6.07) is 7.66. The van der Waals surface area contributed by atoms with Crippen LogP contribution in [0.4, 0.5) is 0 Å². The molecule has 0 saturated carbocycles. The summed E-state index contributed by atoms with van der Waals surface area (Å²) >= 11 is 0. The average Bonchev–Trinajstić information content (AvgIpc) is 2.30. The van der Waals surface area contributed by atoms with Crippen LogP contribution in [0.2, 0.25) is 0 Å². The Morgan fingerprint density at radius 1 is 1.28 bits per heavy atom. The van der Waals surface area contributed by atoms with Crippen LogP contribution in [0.15, 0.2) is 24.3 Å². The molecular weight excluding hydrogens is 228 g/mol. The summed E-state index contributed by atoms with van der Waals surface area (Å²) < 4.78 is 11.0. The Hall–Kier alpha value is -1.55. The number of benzene rings is 1. The van der Waals surface area contributed by atoms with E-state index in [1.54, 1.807) is 7.11 Å². The van der Waals surface area contributed by atoms with Crippen LogP contribution in [0, 0.1) is 5.41 Å². The fourth-order valence-corrected chi connectivity index (χ4v) is 1.44. The number of methoxy groups -OCH3 is 1. The van der Waals surface area contributed by atoms with Gasteiger partial charge in [-0.05, 0) is 31.5 Å². The van der Waals surface area contributed by atoms with Gasteiger partial charge < -0.3 is 15.2 Å². The van der Waals surface area contributed by atoms with Gasteiger partial charge >= 0.3 is 0 Å². The number of rotatable bonds is 7. The summed E-state index contributed by atoms with van der Waals surface area (Å²) in [4.78, 5) is 0. The largest absolute Gasteiger partial charge is 0.493 e. The molecule has 3 N–H and O–H groups in total. The van der Waals surface area contributed by atoms with Gasteiger partial charge in [0.1, 0.15) is 5.75 Å². The highest BCUT2D eigenvalue weighted by Crippen LogP contribution is 2.16. The lowest BCUT2D eigenvalue weighted by Gasteiger charge is -2.22. The first-order valence-electron chi connectivity index (χ1n) is 6.03. The molecule has 0 aliphatic carbocycles. The number of hydrogen-bond acceptors (Lipinski definition) is 3. The topological polar surface area (TPSA) is 68.3 Å². The van der Waals surface area contributed by atoms with E-state index in [0.717, 1.165) is 17.7 Å². The minimum absolute atomic E-state index is 0.158. The maximum absolute atomic E-state index is 7.22. The van der Waals surface area contributed by atoms with Crippen LogP contribution < -0.4 is 10.5 Å². The predicted molar refractivity (Wildman–Crippen MR) is 73.3 cm³/mol. The second kappa shape index (κ2) is 6.40. The van der Waals surface area contributed by atoms with Crippen molar-refractivity contribution in [3.63, 3.8) is 0 Å². The van der Waals surface area contributed by atoms with Gasteiger partial charge in [0.2, 0.25) is 0 Å². The zero-order chi connectivity index (χ0) is 13.6. The Bertz CT molecular complexity index is 385. The average molecular weight is 250 g/mol. The SMILES string of the molecule is COC(C)(C)CCOc1ccc(CC(=N)N)cc1. The molecule has 0 radical (unpaired) electrons. The van der Waals surface area contributed by atoms with E-state index < -0.39 is 0 Å². The van der Waals surface area contributed by atoms with Crippen LogP contribution in [0.25, 0.3) is 0 Å². The monoisotopic (exact) mass is 250 g/mol. The second-order valence-corrected chi connectivity index (χ2v) is 4.91. The molecule has 0 saturated heterocycles. The molecule has 4 heteroatoms. The molecule has 100 valence electrons. The maximum Gasteiger partial charge on any atom is 0.119 e. The third kappa shape index (κ3) is 5.19. The van der Waals surface area contributed by atoms with E-state index in [0.29, 0.717) is 13.0 Å². The van der Waals surface area contributed by atoms with Crippen molar-refractivity contribution >= 4 is 5.84 Å². The van der Waals surface area contributed by atoms with Gasteiger partial charge in [0.05, 0.1) is 18.0 Å². The van der Waals surface area contributed by atoms with Gasteiger partial charge in [0.15, 0.2) is 0 Å². The fourth-order valence-electron chi connectivity index (χ4n) is 1.44. The van der Waals surface area contributed by atoms with Gasteiger partial charge in [-0.15, -0.1) is 0 Å². The van der Waals surface area contributed by atoms with Gasteiger partial charge in [-0.1, -0.05) is 12.1 Å². The maximum atomic E-state index is 7.22. The van der Waals surface area contributed by atoms with E-state index >= 15 is 0 Å². The molecule has 0 unspecified atom stereocenters. The highest BCUT2D eigenvalue weighted by molar-refractivity contribution is 5.79. The summed E-state index contributed by atoms with van der Waals surface area (Å²) in [5, 5.41) is 7.22. The summed E-state index contributed by atoms with van der Waals surface area (Å²) in [5.74, 6) is 1.000. The molecule has 1 aromatic rings. The molecule has 18 heavy (non-hydrogen) atoms. The Kier molecular flexibility index (Phi) is 5.16. The standard InChI is InChI=1S/C14H22N2O2/c1-14(2,17-3)8-9-18-12-6-4-11(5-7-12)10-13(15)16/h4-7H,8-10H2,1-3H3,(H3,15,16). The molecule has 0 heterocycles. The molecule has 0 aliphatic rings. The van der Waals surface area contributed by atoms with Gasteiger partial charge in [-0.25, -0.2) is 0 Å². The van der Waals surface area contributed by atoms with Crippen molar-refractivity contribution in [1.29, 1.82) is 5.41 Å². The van der Waals surface area contributed by atoms with Crippen LogP contribution in [-0.4, -0.2) is 25.2 Å². The summed E-state index contributed by atoms with van der Waals surface area (Å²) in [6.07, 6.45) is 1.32. The van der Waals surface area contributed by atoms with E-state index in [2.05, 4.69) is 0 Å². The highest BCUT2D eigenvalue weighted by Gasteiger charge is 2.15. The lowest BCUT2D eigenvalue weighted by Crippen LogP contribution is -2.25. The molecule has 1 rings (SSSR count). The lowest BCUT2D eigenvalue weighted by atomic mass is 10.1. The number of nitrogens with two attached hydrogens (primary N) is 1. The summed E-state index contributed by atoms with van der Waals surface area (Å²) in [7, 11) is 1.70. The zero-order valence-corrected chi connectivity index (χ0v) is 11.3. The smallest absolute Gasteiger partial charge is 0.119 e. The van der Waals surface area contributed by atoms with Crippen molar-refractivity contribution in [2.24, 2.45) is 5.73 Å². The predicted octanol–water partition coefficient (Wildman–Crippen LogP) is 2.36. The van der Waals surface area contributed by atoms with Crippen molar-refractivity contribution in [2.45, 2.75) is 32.3 Å². The molecule has 0 amide bonds. The van der Waals surface area contributed by atoms with Crippen molar-refractivity contribution in [1.82, 2.24) is 0 Å². The van der Waals surface area contributed by atoms with Crippen molar-refractivity contribution in [2.75, 3.05) is 13.7 Å². The molecule has 0 aliphatic heterocycles. The molecule has 0 aromatic heterocycles. The van der Waals surface area contributed by atoms with E-state index in [4.69, 9.17) is 20.6 Å². The Balaban J connectivity index is 2.42. The number of ether oxygens (including phenoxy) is 2. The van der Waals surface area contributed by atoms with Crippen LogP contribution in [0.3, 0.4) is 0 Å². The van der Waals surface area contributed by atoms with Crippen LogP contribution in [-0.2, 0) is 11.2 Å². The van der Waals surface area contributed by atoms with Crippen molar-refractivity contribution in [3.05, 3.63) is 29.8 Å². The van der Waals surface area contributed by atoms with E-state index in [1.807, 2.05) is 38.1 Å². The Morgan fingerprint density at radius 2 is 1.89 bits per heavy atom. The Labute approximate surface area is 109 Å². The summed E-state index contributed by atoms with van der Waals surface area (Å²) in [5.41, 5.74) is 6.21. The second-order valence-electron chi connectivity index (χ2n) is 4.91. The van der Waals surface area contributed by atoms with Crippen LogP contribution in [0.1, 0.15) is 25.8 Å². The first-order chi connectivity index (χ1) is 8.43. The molecule has 0 spiro atoms. The van der Waals surface area contributed by atoms with E-state index in [9.17, 15) is 0 Å². The normalized spacial score (nSPS) is 11.3. The molecule has 1 aromatic carbocycles. The number of amidine groups is 1. The number of nitrogens with one attached hydrogen (secondary N) is 1. The van der Waals surface area contributed by atoms with Gasteiger partial charge in [0, 0.05) is 20.0 Å². The third-order valence-corrected chi connectivity index (χ3v) is 2.84. The van der Waals surface area contributed by atoms with Gasteiger partial charge in [0.25, 0.3) is 0 Å². The van der Waals surface area contributed by atoms with Crippen molar-refractivity contribution in [3.8, 4) is 5.75 Å². The highest BCUT2D eigenvalue weighted by atomic mass is 16.5. The minimum Gasteiger partial charge on any atom is -0.493 e. The van der Waals surface area contributed by atoms with Gasteiger partial charge in [-0.2, -0.15) is 0 Å². The van der Waals surface area contributed by atoms with Crippen molar-refractivity contribution < 1.29 is 9.47 Å². The first-order valence-corrected chi connectivity index (χ1v) is 6.03. The van der Waals surface area contributed by atoms with E-state index in [-0.39, 0.29) is 11.4 Å². The fraction of sp³-hybridized carbons (Fsp3) is 0.500. The van der Waals surface area contributed by atoms with Gasteiger partial charge in [-0.3, -0.25) is 5.41 Å². The first kappa shape index (κ1) is 14.5. The molecule has 0 atom stereocenters. The molecule has 4 nitrogen and oxygen atoms in total. The minimum atomic E-state index is -0.158.